The molecule has 0 aromatic carbocycles. The highest BCUT2D eigenvalue weighted by atomic mass is 32.1. The third-order valence-corrected chi connectivity index (χ3v) is 4.56. The number of thiophene rings is 1. The van der Waals surface area contributed by atoms with Crippen LogP contribution in [-0.4, -0.2) is 37.6 Å². The van der Waals surface area contributed by atoms with Gasteiger partial charge in [0, 0.05) is 12.5 Å². The zero-order chi connectivity index (χ0) is 14.8. The number of rotatable bonds is 4. The van der Waals surface area contributed by atoms with E-state index in [-0.39, 0.29) is 24.4 Å². The minimum absolute atomic E-state index is 0.0953. The molecule has 0 aliphatic carbocycles. The maximum absolute atomic E-state index is 12.6. The summed E-state index contributed by atoms with van der Waals surface area (Å²) < 4.78 is 1.62. The molecule has 3 heterocycles. The Bertz CT molecular complexity index is 607. The number of carbonyl (C=O) groups is 1. The Kier molecular flexibility index (Phi) is 4.01. The Morgan fingerprint density at radius 3 is 3.10 bits per heavy atom. The summed E-state index contributed by atoms with van der Waals surface area (Å²) in [7, 11) is 0. The molecule has 1 fully saturated rings. The second-order valence-corrected chi connectivity index (χ2v) is 6.43. The van der Waals surface area contributed by atoms with Crippen LogP contribution < -0.4 is 0 Å². The van der Waals surface area contributed by atoms with E-state index in [4.69, 9.17) is 0 Å². The van der Waals surface area contributed by atoms with Crippen LogP contribution in [0.1, 0.15) is 50.0 Å². The molecule has 1 unspecified atom stereocenters. The Morgan fingerprint density at radius 1 is 1.52 bits per heavy atom. The van der Waals surface area contributed by atoms with Crippen LogP contribution in [0.5, 0.6) is 0 Å². The fourth-order valence-corrected chi connectivity index (χ4v) is 3.54. The summed E-state index contributed by atoms with van der Waals surface area (Å²) in [6.45, 7) is 5.09. The van der Waals surface area contributed by atoms with Gasteiger partial charge in [-0.2, -0.15) is 11.3 Å². The molecule has 1 aliphatic rings. The quantitative estimate of drug-likeness (QED) is 0.869. The maximum Gasteiger partial charge on any atom is 0.244 e. The summed E-state index contributed by atoms with van der Waals surface area (Å²) in [4.78, 5) is 14.6. The molecule has 1 amide bonds. The molecule has 1 aliphatic heterocycles. The second-order valence-electron chi connectivity index (χ2n) is 5.65. The van der Waals surface area contributed by atoms with Crippen molar-refractivity contribution in [1.82, 2.24) is 25.1 Å². The van der Waals surface area contributed by atoms with Crippen LogP contribution in [0.4, 0.5) is 0 Å². The lowest BCUT2D eigenvalue weighted by molar-refractivity contribution is -0.133. The maximum atomic E-state index is 12.6. The Balaban J connectivity index is 1.74. The summed E-state index contributed by atoms with van der Waals surface area (Å²) >= 11 is 1.68. The van der Waals surface area contributed by atoms with E-state index in [1.165, 1.54) is 5.56 Å². The first-order valence-electron chi connectivity index (χ1n) is 7.24. The first kappa shape index (κ1) is 14.2. The molecule has 1 saturated heterocycles. The van der Waals surface area contributed by atoms with E-state index in [1.54, 1.807) is 16.0 Å². The van der Waals surface area contributed by atoms with Crippen molar-refractivity contribution >= 4 is 17.2 Å². The highest BCUT2D eigenvalue weighted by Crippen LogP contribution is 2.33. The smallest absolute Gasteiger partial charge is 0.244 e. The van der Waals surface area contributed by atoms with Gasteiger partial charge in [0.1, 0.15) is 6.54 Å². The molecule has 3 rings (SSSR count). The number of hydrogen-bond donors (Lipinski definition) is 0. The lowest BCUT2D eigenvalue weighted by Crippen LogP contribution is -2.34. The van der Waals surface area contributed by atoms with Gasteiger partial charge in [-0.25, -0.2) is 4.68 Å². The van der Waals surface area contributed by atoms with E-state index >= 15 is 0 Å². The molecule has 2 aromatic heterocycles. The van der Waals surface area contributed by atoms with Crippen LogP contribution in [0.15, 0.2) is 16.8 Å². The normalized spacial score (nSPS) is 18.6. The van der Waals surface area contributed by atoms with Gasteiger partial charge in [0.25, 0.3) is 0 Å². The zero-order valence-electron chi connectivity index (χ0n) is 12.3. The summed E-state index contributed by atoms with van der Waals surface area (Å²) in [5, 5.41) is 15.8. The molecule has 0 radical (unpaired) electrons. The van der Waals surface area contributed by atoms with Gasteiger partial charge in [-0.3, -0.25) is 4.79 Å². The molecular formula is C14H19N5OS. The number of nitrogens with zero attached hydrogens (tertiary/aromatic N) is 5. The van der Waals surface area contributed by atoms with Crippen molar-refractivity contribution in [1.29, 1.82) is 0 Å². The number of carbonyl (C=O) groups excluding carboxylic acids is 1. The van der Waals surface area contributed by atoms with Gasteiger partial charge in [-0.05, 0) is 45.7 Å². The van der Waals surface area contributed by atoms with E-state index in [2.05, 4.69) is 32.4 Å². The standard InChI is InChI=1S/C14H19N5OS/c1-10(2)14-15-16-17-19(14)8-13(20)18-6-3-4-12(18)11-5-7-21-9-11/h5,7,9-10,12H,3-4,6,8H2,1-2H3. The molecule has 112 valence electrons. The SMILES string of the molecule is CC(C)c1nnnn1CC(=O)N1CCCC1c1ccsc1. The third kappa shape index (κ3) is 2.83. The first-order chi connectivity index (χ1) is 10.2. The fraction of sp³-hybridized carbons (Fsp3) is 0.571. The average molecular weight is 305 g/mol. The van der Waals surface area contributed by atoms with Gasteiger partial charge in [-0.1, -0.05) is 13.8 Å². The highest BCUT2D eigenvalue weighted by molar-refractivity contribution is 7.07. The van der Waals surface area contributed by atoms with E-state index in [9.17, 15) is 4.79 Å². The molecule has 0 N–H and O–H groups in total. The lowest BCUT2D eigenvalue weighted by atomic mass is 10.1. The van der Waals surface area contributed by atoms with Crippen LogP contribution in [0.25, 0.3) is 0 Å². The van der Waals surface area contributed by atoms with Gasteiger partial charge in [0.15, 0.2) is 5.82 Å². The molecule has 2 aromatic rings. The van der Waals surface area contributed by atoms with Crippen LogP contribution in [-0.2, 0) is 11.3 Å². The van der Waals surface area contributed by atoms with Crippen molar-refractivity contribution in [3.63, 3.8) is 0 Å². The second kappa shape index (κ2) is 5.93. The minimum atomic E-state index is 0.0953. The van der Waals surface area contributed by atoms with Crippen molar-refractivity contribution < 1.29 is 4.79 Å². The Labute approximate surface area is 127 Å². The number of hydrogen-bond acceptors (Lipinski definition) is 5. The van der Waals surface area contributed by atoms with Gasteiger partial charge < -0.3 is 4.90 Å². The van der Waals surface area contributed by atoms with Crippen LogP contribution >= 0.6 is 11.3 Å². The summed E-state index contributed by atoms with van der Waals surface area (Å²) in [5.41, 5.74) is 1.24. The Hall–Kier alpha value is -1.76. The highest BCUT2D eigenvalue weighted by Gasteiger charge is 2.30. The third-order valence-electron chi connectivity index (χ3n) is 3.86. The molecule has 7 heteroatoms. The monoisotopic (exact) mass is 305 g/mol. The predicted molar refractivity (Wildman–Crippen MR) is 79.9 cm³/mol. The minimum Gasteiger partial charge on any atom is -0.334 e. The largest absolute Gasteiger partial charge is 0.334 e. The van der Waals surface area contributed by atoms with Crippen molar-refractivity contribution in [3.05, 3.63) is 28.2 Å². The summed E-state index contributed by atoms with van der Waals surface area (Å²) in [6.07, 6.45) is 2.09. The molecule has 0 spiro atoms. The van der Waals surface area contributed by atoms with E-state index in [0.29, 0.717) is 0 Å². The van der Waals surface area contributed by atoms with Gasteiger partial charge in [0.05, 0.1) is 6.04 Å². The van der Waals surface area contributed by atoms with Crippen LogP contribution in [0.3, 0.4) is 0 Å². The van der Waals surface area contributed by atoms with E-state index in [1.807, 2.05) is 18.7 Å². The fourth-order valence-electron chi connectivity index (χ4n) is 2.83. The van der Waals surface area contributed by atoms with Gasteiger partial charge in [0.2, 0.25) is 5.91 Å². The summed E-state index contributed by atoms with van der Waals surface area (Å²) in [5.74, 6) is 1.06. The average Bonchev–Trinajstić information content (AvgIpc) is 3.19. The van der Waals surface area contributed by atoms with Crippen LogP contribution in [0.2, 0.25) is 0 Å². The van der Waals surface area contributed by atoms with Crippen LogP contribution in [0, 0.1) is 0 Å². The zero-order valence-corrected chi connectivity index (χ0v) is 13.1. The predicted octanol–water partition coefficient (Wildman–Crippen LogP) is 2.22. The van der Waals surface area contributed by atoms with Gasteiger partial charge in [-0.15, -0.1) is 5.10 Å². The number of amides is 1. The van der Waals surface area contributed by atoms with Crippen molar-refractivity contribution in [2.75, 3.05) is 6.54 Å². The molecule has 1 atom stereocenters. The van der Waals surface area contributed by atoms with Gasteiger partial charge >= 0.3 is 0 Å². The Morgan fingerprint density at radius 2 is 2.38 bits per heavy atom. The topological polar surface area (TPSA) is 63.9 Å². The number of tetrazole rings is 1. The molecule has 0 bridgehead atoms. The number of aromatic nitrogens is 4. The number of likely N-dealkylation sites (tertiary alicyclic amines) is 1. The van der Waals surface area contributed by atoms with E-state index < -0.39 is 0 Å². The summed E-state index contributed by atoms with van der Waals surface area (Å²) in [6, 6.07) is 2.32. The molecule has 21 heavy (non-hydrogen) atoms. The molecule has 0 saturated carbocycles. The lowest BCUT2D eigenvalue weighted by Gasteiger charge is -2.24. The van der Waals surface area contributed by atoms with Crippen molar-refractivity contribution in [2.24, 2.45) is 0 Å². The molecule has 6 nitrogen and oxygen atoms in total. The van der Waals surface area contributed by atoms with Crippen molar-refractivity contribution in [2.45, 2.75) is 45.2 Å². The first-order valence-corrected chi connectivity index (χ1v) is 8.18. The molecular weight excluding hydrogens is 286 g/mol. The van der Waals surface area contributed by atoms with E-state index in [0.717, 1.165) is 25.2 Å². The van der Waals surface area contributed by atoms with Crippen molar-refractivity contribution in [3.8, 4) is 0 Å².